The molecule has 0 aliphatic heterocycles. The van der Waals surface area contributed by atoms with Gasteiger partial charge in [0, 0.05) is 0 Å². The largest absolute Gasteiger partial charge is 0.549 e. The first-order valence-corrected chi connectivity index (χ1v) is 4.09. The summed E-state index contributed by atoms with van der Waals surface area (Å²) in [6.45, 7) is 2.42. The highest BCUT2D eigenvalue weighted by Crippen LogP contribution is 2.51. The molecule has 0 aromatic carbocycles. The van der Waals surface area contributed by atoms with E-state index < -0.39 is 36.1 Å². The summed E-state index contributed by atoms with van der Waals surface area (Å²) in [4.78, 5) is 10.1. The molecule has 0 amide bonds. The second kappa shape index (κ2) is 4.73. The van der Waals surface area contributed by atoms with E-state index in [4.69, 9.17) is 0 Å². The van der Waals surface area contributed by atoms with Crippen molar-refractivity contribution in [2.75, 3.05) is 0 Å². The maximum atomic E-state index is 12.9. The molecule has 1 atom stereocenters. The maximum Gasteiger partial charge on any atom is 0.378 e. The molecule has 0 fully saturated rings. The van der Waals surface area contributed by atoms with Crippen molar-refractivity contribution in [1.82, 2.24) is 0 Å². The number of carbonyl (C=O) groups excluding carboxylic acids is 1. The first kappa shape index (κ1) is 16.6. The van der Waals surface area contributed by atoms with Gasteiger partial charge >= 0.3 is 24.2 Å². The molecule has 1 unspecified atom stereocenters. The van der Waals surface area contributed by atoms with E-state index in [0.29, 0.717) is 0 Å². The molecule has 0 aromatic rings. The van der Waals surface area contributed by atoms with Crippen molar-refractivity contribution in [3.05, 3.63) is 12.7 Å². The van der Waals surface area contributed by atoms with Gasteiger partial charge in [-0.1, -0.05) is 6.08 Å². The van der Waals surface area contributed by atoms with E-state index in [1.165, 1.54) is 0 Å². The molecule has 0 saturated carbocycles. The lowest BCUT2D eigenvalue weighted by atomic mass is 9.92. The van der Waals surface area contributed by atoms with Crippen LogP contribution < -0.4 is 5.11 Å². The highest BCUT2D eigenvalue weighted by Gasteiger charge is 2.77. The summed E-state index contributed by atoms with van der Waals surface area (Å²) < 4.78 is 99.3. The molecule has 106 valence electrons. The zero-order chi connectivity index (χ0) is 14.9. The number of halogens is 8. The Kier molecular flexibility index (Phi) is 4.37. The predicted octanol–water partition coefficient (Wildman–Crippen LogP) is 1.71. The van der Waals surface area contributed by atoms with Gasteiger partial charge in [-0.25, -0.2) is 8.78 Å². The Hall–Kier alpha value is -1.35. The number of hydrogen-bond acceptors (Lipinski definition) is 2. The quantitative estimate of drug-likeness (QED) is 0.550. The lowest BCUT2D eigenvalue weighted by molar-refractivity contribution is -0.361. The van der Waals surface area contributed by atoms with E-state index >= 15 is 0 Å². The molecule has 0 aliphatic carbocycles. The van der Waals surface area contributed by atoms with Crippen LogP contribution in [-0.2, 0) is 4.79 Å². The van der Waals surface area contributed by atoms with Crippen molar-refractivity contribution in [2.45, 2.75) is 24.2 Å². The summed E-state index contributed by atoms with van der Waals surface area (Å²) in [7, 11) is 0. The molecular weight excluding hydrogens is 280 g/mol. The Morgan fingerprint density at radius 2 is 1.44 bits per heavy atom. The fraction of sp³-hybridized carbons (Fsp3) is 0.625. The van der Waals surface area contributed by atoms with Gasteiger partial charge in [-0.05, 0) is 0 Å². The molecule has 0 spiro atoms. The van der Waals surface area contributed by atoms with Gasteiger partial charge in [0.1, 0.15) is 0 Å². The van der Waals surface area contributed by atoms with Gasteiger partial charge in [-0.3, -0.25) is 0 Å². The van der Waals surface area contributed by atoms with Crippen LogP contribution in [0.1, 0.15) is 0 Å². The van der Waals surface area contributed by atoms with Crippen LogP contribution in [0.15, 0.2) is 12.7 Å². The SMILES string of the molecule is C=CC(C(=O)[O-])C(F)(F)C(F)(F)C(F)(F)C(F)F. The van der Waals surface area contributed by atoms with Crippen LogP contribution in [0.5, 0.6) is 0 Å². The number of rotatable bonds is 6. The third kappa shape index (κ3) is 2.27. The Bertz CT molecular complexity index is 338. The normalized spacial score (nSPS) is 15.6. The van der Waals surface area contributed by atoms with Crippen molar-refractivity contribution >= 4 is 5.97 Å². The van der Waals surface area contributed by atoms with Crippen LogP contribution >= 0.6 is 0 Å². The first-order chi connectivity index (χ1) is 7.84. The lowest BCUT2D eigenvalue weighted by Gasteiger charge is -2.35. The summed E-state index contributed by atoms with van der Waals surface area (Å²) in [5.41, 5.74) is 0. The monoisotopic (exact) mass is 285 g/mol. The minimum Gasteiger partial charge on any atom is -0.549 e. The van der Waals surface area contributed by atoms with Crippen molar-refractivity contribution in [3.8, 4) is 0 Å². The minimum atomic E-state index is -6.59. The van der Waals surface area contributed by atoms with E-state index in [-0.39, 0.29) is 6.08 Å². The molecule has 2 nitrogen and oxygen atoms in total. The van der Waals surface area contributed by atoms with E-state index in [1.54, 1.807) is 0 Å². The maximum absolute atomic E-state index is 12.9. The highest BCUT2D eigenvalue weighted by atomic mass is 19.4. The molecule has 0 rings (SSSR count). The van der Waals surface area contributed by atoms with Crippen molar-refractivity contribution < 1.29 is 45.0 Å². The van der Waals surface area contributed by atoms with Crippen LogP contribution in [0, 0.1) is 5.92 Å². The minimum absolute atomic E-state index is 0.301. The molecular formula is C8H5F8O2-. The molecule has 10 heteroatoms. The fourth-order valence-electron chi connectivity index (χ4n) is 0.947. The molecule has 0 aliphatic rings. The summed E-state index contributed by atoms with van der Waals surface area (Å²) in [6.07, 6.45) is -5.41. The Labute approximate surface area is 94.9 Å². The molecule has 0 aromatic heterocycles. The van der Waals surface area contributed by atoms with Crippen molar-refractivity contribution in [1.29, 1.82) is 0 Å². The molecule has 0 radical (unpaired) electrons. The lowest BCUT2D eigenvalue weighted by Crippen LogP contribution is -2.62. The van der Waals surface area contributed by atoms with Gasteiger partial charge in [0.15, 0.2) is 0 Å². The fourth-order valence-corrected chi connectivity index (χ4v) is 0.947. The second-order valence-electron chi connectivity index (χ2n) is 3.15. The smallest absolute Gasteiger partial charge is 0.378 e. The number of carboxylic acids is 1. The van der Waals surface area contributed by atoms with Crippen LogP contribution in [0.4, 0.5) is 35.1 Å². The summed E-state index contributed by atoms with van der Waals surface area (Å²) >= 11 is 0. The van der Waals surface area contributed by atoms with Crippen LogP contribution in [0.2, 0.25) is 0 Å². The zero-order valence-electron chi connectivity index (χ0n) is 8.28. The number of aliphatic carboxylic acids is 1. The Balaban J connectivity index is 5.71. The van der Waals surface area contributed by atoms with Gasteiger partial charge in [-0.2, -0.15) is 26.3 Å². The summed E-state index contributed by atoms with van der Waals surface area (Å²) in [6, 6.07) is 0. The van der Waals surface area contributed by atoms with Gasteiger partial charge in [0.2, 0.25) is 0 Å². The first-order valence-electron chi connectivity index (χ1n) is 4.09. The van der Waals surface area contributed by atoms with Crippen LogP contribution in [0.3, 0.4) is 0 Å². The highest BCUT2D eigenvalue weighted by molar-refractivity contribution is 5.71. The summed E-state index contributed by atoms with van der Waals surface area (Å²) in [5, 5.41) is 10.1. The van der Waals surface area contributed by atoms with Gasteiger partial charge in [-0.15, -0.1) is 6.58 Å². The van der Waals surface area contributed by atoms with Gasteiger partial charge < -0.3 is 9.90 Å². The molecule has 0 saturated heterocycles. The van der Waals surface area contributed by atoms with E-state index in [0.717, 1.165) is 0 Å². The predicted molar refractivity (Wildman–Crippen MR) is 39.5 cm³/mol. The number of carbonyl (C=O) groups is 1. The molecule has 18 heavy (non-hydrogen) atoms. The van der Waals surface area contributed by atoms with Gasteiger partial charge in [0.25, 0.3) is 0 Å². The number of hydrogen-bond donors (Lipinski definition) is 0. The van der Waals surface area contributed by atoms with E-state index in [2.05, 4.69) is 6.58 Å². The average molecular weight is 285 g/mol. The molecule has 0 N–H and O–H groups in total. The third-order valence-electron chi connectivity index (χ3n) is 1.99. The van der Waals surface area contributed by atoms with Gasteiger partial charge in [0.05, 0.1) is 11.9 Å². The van der Waals surface area contributed by atoms with Crippen LogP contribution in [-0.4, -0.2) is 30.2 Å². The topological polar surface area (TPSA) is 40.1 Å². The van der Waals surface area contributed by atoms with Crippen molar-refractivity contribution in [2.24, 2.45) is 5.92 Å². The number of carboxylic acid groups (broad SMARTS) is 1. The zero-order valence-corrected chi connectivity index (χ0v) is 8.28. The standard InChI is InChI=1S/C8H6F8O2/c1-2-3(4(17)18)6(11,12)8(15,16)7(13,14)5(9)10/h2-3,5H,1H2,(H,17,18)/p-1. The summed E-state index contributed by atoms with van der Waals surface area (Å²) in [5.74, 6) is -25.4. The third-order valence-corrected chi connectivity index (χ3v) is 1.99. The number of alkyl halides is 8. The van der Waals surface area contributed by atoms with E-state index in [1.807, 2.05) is 0 Å². The van der Waals surface area contributed by atoms with E-state index in [9.17, 15) is 45.0 Å². The Morgan fingerprint density at radius 3 is 1.67 bits per heavy atom. The second-order valence-corrected chi connectivity index (χ2v) is 3.15. The van der Waals surface area contributed by atoms with Crippen molar-refractivity contribution in [3.63, 3.8) is 0 Å². The van der Waals surface area contributed by atoms with Crippen LogP contribution in [0.25, 0.3) is 0 Å². The Morgan fingerprint density at radius 1 is 1.06 bits per heavy atom. The average Bonchev–Trinajstić information content (AvgIpc) is 2.16. The molecule has 0 heterocycles. The molecule has 0 bridgehead atoms.